The summed E-state index contributed by atoms with van der Waals surface area (Å²) in [5, 5.41) is 0.761. The molecule has 0 saturated carbocycles. The first-order valence-corrected chi connectivity index (χ1v) is 8.95. The zero-order valence-corrected chi connectivity index (χ0v) is 14.5. The van der Waals surface area contributed by atoms with Crippen LogP contribution < -0.4 is 16.4 Å². The van der Waals surface area contributed by atoms with Crippen LogP contribution in [0.4, 0.5) is 26.2 Å². The lowest BCUT2D eigenvalue weighted by Crippen LogP contribution is -2.47. The maximum atomic E-state index is 13.9. The number of nitrogens with zero attached hydrogens (tertiary/aromatic N) is 4. The summed E-state index contributed by atoms with van der Waals surface area (Å²) < 4.78 is 26.9. The monoisotopic (exact) mass is 366 g/mol. The third kappa shape index (κ3) is 4.70. The lowest BCUT2D eigenvalue weighted by molar-refractivity contribution is 0.272. The summed E-state index contributed by atoms with van der Waals surface area (Å²) in [6.45, 7) is 3.95. The fraction of sp³-hybridized carbons (Fsp3) is 0.375. The van der Waals surface area contributed by atoms with Crippen LogP contribution in [-0.2, 0) is 0 Å². The quantitative estimate of drug-likeness (QED) is 0.617. The molecule has 4 N–H and O–H groups in total. The lowest BCUT2D eigenvalue weighted by Gasteiger charge is -2.36. The molecule has 9 heteroatoms. The summed E-state index contributed by atoms with van der Waals surface area (Å²) in [6, 6.07) is 5.42. The molecule has 1 aliphatic heterocycles. The fourth-order valence-corrected chi connectivity index (χ4v) is 3.69. The van der Waals surface area contributed by atoms with Gasteiger partial charge in [0.25, 0.3) is 0 Å². The van der Waals surface area contributed by atoms with Crippen molar-refractivity contribution in [1.82, 2.24) is 14.9 Å². The van der Waals surface area contributed by atoms with Crippen molar-refractivity contribution < 1.29 is 8.78 Å². The maximum Gasteiger partial charge on any atom is 0.223 e. The van der Waals surface area contributed by atoms with E-state index in [1.54, 1.807) is 17.8 Å². The van der Waals surface area contributed by atoms with Gasteiger partial charge in [-0.3, -0.25) is 4.90 Å². The molecule has 0 spiro atoms. The van der Waals surface area contributed by atoms with Crippen molar-refractivity contribution in [3.8, 4) is 0 Å². The molecule has 1 aromatic carbocycles. The number of aromatic nitrogens is 2. The standard InChI is InChI=1S/C16H20F2N6S/c17-11-1-2-13(12(18)9-11)24-5-3-23(4-6-24)7-8-25-15-10-14(19)21-16(20)22-15/h1-2,9-10H,3-8H2,(H4,19,20,21,22). The number of anilines is 3. The molecule has 1 fully saturated rings. The van der Waals surface area contributed by atoms with Crippen molar-refractivity contribution in [3.05, 3.63) is 35.9 Å². The van der Waals surface area contributed by atoms with Gasteiger partial charge in [-0.1, -0.05) is 0 Å². The molecule has 2 aromatic rings. The van der Waals surface area contributed by atoms with E-state index >= 15 is 0 Å². The van der Waals surface area contributed by atoms with Gasteiger partial charge < -0.3 is 16.4 Å². The summed E-state index contributed by atoms with van der Waals surface area (Å²) in [7, 11) is 0. The molecule has 2 heterocycles. The van der Waals surface area contributed by atoms with Gasteiger partial charge in [-0.25, -0.2) is 13.8 Å². The fourth-order valence-electron chi connectivity index (χ4n) is 2.76. The van der Waals surface area contributed by atoms with Gasteiger partial charge in [0.2, 0.25) is 5.95 Å². The van der Waals surface area contributed by atoms with E-state index in [1.807, 2.05) is 4.90 Å². The van der Waals surface area contributed by atoms with Crippen molar-refractivity contribution in [3.63, 3.8) is 0 Å². The molecule has 1 saturated heterocycles. The van der Waals surface area contributed by atoms with E-state index in [2.05, 4.69) is 14.9 Å². The predicted molar refractivity (Wildman–Crippen MR) is 96.6 cm³/mol. The zero-order chi connectivity index (χ0) is 17.8. The normalized spacial score (nSPS) is 15.5. The first-order chi connectivity index (χ1) is 12.0. The van der Waals surface area contributed by atoms with E-state index in [0.29, 0.717) is 24.6 Å². The Morgan fingerprint density at radius 3 is 2.48 bits per heavy atom. The summed E-state index contributed by atoms with van der Waals surface area (Å²) >= 11 is 1.58. The number of hydrogen-bond donors (Lipinski definition) is 2. The molecule has 25 heavy (non-hydrogen) atoms. The minimum Gasteiger partial charge on any atom is -0.383 e. The summed E-state index contributed by atoms with van der Waals surface area (Å²) in [5.74, 6) is 0.328. The topological polar surface area (TPSA) is 84.3 Å². The van der Waals surface area contributed by atoms with E-state index in [0.717, 1.165) is 36.5 Å². The van der Waals surface area contributed by atoms with Crippen LogP contribution in [0, 0.1) is 11.6 Å². The largest absolute Gasteiger partial charge is 0.383 e. The SMILES string of the molecule is Nc1cc(SCCN2CCN(c3ccc(F)cc3F)CC2)nc(N)n1. The van der Waals surface area contributed by atoms with Gasteiger partial charge in [-0.2, -0.15) is 4.98 Å². The second kappa shape index (κ2) is 7.83. The van der Waals surface area contributed by atoms with Gasteiger partial charge in [-0.15, -0.1) is 11.8 Å². The smallest absolute Gasteiger partial charge is 0.223 e. The van der Waals surface area contributed by atoms with Crippen molar-refractivity contribution in [2.24, 2.45) is 0 Å². The summed E-state index contributed by atoms with van der Waals surface area (Å²) in [5.41, 5.74) is 11.7. The molecule has 0 aliphatic carbocycles. The van der Waals surface area contributed by atoms with Gasteiger partial charge in [0.1, 0.15) is 22.5 Å². The highest BCUT2D eigenvalue weighted by Gasteiger charge is 2.19. The highest BCUT2D eigenvalue weighted by molar-refractivity contribution is 7.99. The number of hydrogen-bond acceptors (Lipinski definition) is 7. The number of nitrogen functional groups attached to an aromatic ring is 2. The Hall–Kier alpha value is -2.13. The third-order valence-corrected chi connectivity index (χ3v) is 4.91. The summed E-state index contributed by atoms with van der Waals surface area (Å²) in [4.78, 5) is 12.2. The molecular formula is C16H20F2N6S. The molecule has 6 nitrogen and oxygen atoms in total. The van der Waals surface area contributed by atoms with Gasteiger partial charge >= 0.3 is 0 Å². The molecule has 0 bridgehead atoms. The van der Waals surface area contributed by atoms with Crippen molar-refractivity contribution in [1.29, 1.82) is 0 Å². The molecule has 0 atom stereocenters. The van der Waals surface area contributed by atoms with Crippen LogP contribution in [0.3, 0.4) is 0 Å². The van der Waals surface area contributed by atoms with E-state index in [-0.39, 0.29) is 5.95 Å². The highest BCUT2D eigenvalue weighted by Crippen LogP contribution is 2.22. The number of halogens is 2. The number of nitrogens with two attached hydrogens (primary N) is 2. The number of benzene rings is 1. The Morgan fingerprint density at radius 2 is 1.80 bits per heavy atom. The number of rotatable bonds is 5. The second-order valence-electron chi connectivity index (χ2n) is 5.76. The van der Waals surface area contributed by atoms with Crippen molar-refractivity contribution in [2.45, 2.75) is 5.03 Å². The molecule has 0 radical (unpaired) electrons. The first-order valence-electron chi connectivity index (χ1n) is 7.96. The molecule has 1 aromatic heterocycles. The van der Waals surface area contributed by atoms with Crippen LogP contribution in [0.15, 0.2) is 29.3 Å². The molecule has 134 valence electrons. The third-order valence-electron chi connectivity index (χ3n) is 4.02. The summed E-state index contributed by atoms with van der Waals surface area (Å²) in [6.07, 6.45) is 0. The van der Waals surface area contributed by atoms with Crippen LogP contribution >= 0.6 is 11.8 Å². The Morgan fingerprint density at radius 1 is 1.04 bits per heavy atom. The van der Waals surface area contributed by atoms with Crippen molar-refractivity contribution in [2.75, 3.05) is 54.8 Å². The highest BCUT2D eigenvalue weighted by atomic mass is 32.2. The Labute approximate surface area is 149 Å². The lowest BCUT2D eigenvalue weighted by atomic mass is 10.2. The molecule has 0 unspecified atom stereocenters. The minimum absolute atomic E-state index is 0.178. The molecule has 0 amide bonds. The average Bonchev–Trinajstić information content (AvgIpc) is 2.55. The average molecular weight is 366 g/mol. The van der Waals surface area contributed by atoms with Crippen molar-refractivity contribution >= 4 is 29.2 Å². The molecule has 3 rings (SSSR count). The second-order valence-corrected chi connectivity index (χ2v) is 6.88. The Kier molecular flexibility index (Phi) is 5.54. The van der Waals surface area contributed by atoms with Gasteiger partial charge in [0.15, 0.2) is 0 Å². The van der Waals surface area contributed by atoms with Crippen LogP contribution in [0.25, 0.3) is 0 Å². The molecule has 1 aliphatic rings. The first kappa shape index (κ1) is 17.7. The van der Waals surface area contributed by atoms with Crippen LogP contribution in [0.1, 0.15) is 0 Å². The Bertz CT molecular complexity index is 716. The van der Waals surface area contributed by atoms with Gasteiger partial charge in [0.05, 0.1) is 5.69 Å². The predicted octanol–water partition coefficient (Wildman–Crippen LogP) is 1.83. The Balaban J connectivity index is 1.46. The zero-order valence-electron chi connectivity index (χ0n) is 13.7. The van der Waals surface area contributed by atoms with E-state index in [1.165, 1.54) is 12.1 Å². The van der Waals surface area contributed by atoms with Crippen LogP contribution in [0.2, 0.25) is 0 Å². The van der Waals surface area contributed by atoms with Gasteiger partial charge in [0, 0.05) is 50.6 Å². The number of piperazine rings is 1. The van der Waals surface area contributed by atoms with Gasteiger partial charge in [-0.05, 0) is 12.1 Å². The van der Waals surface area contributed by atoms with Crippen LogP contribution in [0.5, 0.6) is 0 Å². The number of thioether (sulfide) groups is 1. The van der Waals surface area contributed by atoms with E-state index in [9.17, 15) is 8.78 Å². The maximum absolute atomic E-state index is 13.9. The minimum atomic E-state index is -0.553. The van der Waals surface area contributed by atoms with Crippen LogP contribution in [-0.4, -0.2) is 53.3 Å². The van der Waals surface area contributed by atoms with E-state index < -0.39 is 11.6 Å². The molecular weight excluding hydrogens is 346 g/mol. The van der Waals surface area contributed by atoms with E-state index in [4.69, 9.17) is 11.5 Å².